The van der Waals surface area contributed by atoms with Crippen molar-refractivity contribution in [2.45, 2.75) is 6.42 Å². The Balaban J connectivity index is 2.18. The smallest absolute Gasteiger partial charge is 0.0894 e. The lowest BCUT2D eigenvalue weighted by Crippen LogP contribution is -2.10. The van der Waals surface area contributed by atoms with Crippen molar-refractivity contribution in [1.29, 1.82) is 0 Å². The highest BCUT2D eigenvalue weighted by molar-refractivity contribution is 5.60. The molecule has 0 unspecified atom stereocenters. The van der Waals surface area contributed by atoms with Crippen LogP contribution in [0.3, 0.4) is 0 Å². The minimum Gasteiger partial charge on any atom is -0.383 e. The van der Waals surface area contributed by atoms with E-state index in [1.54, 1.807) is 10.9 Å². The van der Waals surface area contributed by atoms with Gasteiger partial charge < -0.3 is 11.1 Å². The Morgan fingerprint density at radius 3 is 2.94 bits per heavy atom. The minimum absolute atomic E-state index is 0.693. The van der Waals surface area contributed by atoms with Gasteiger partial charge in [-0.2, -0.15) is 0 Å². The van der Waals surface area contributed by atoms with Crippen molar-refractivity contribution in [2.75, 3.05) is 18.4 Å². The topological polar surface area (TPSA) is 68.8 Å². The second kappa shape index (κ2) is 5.27. The molecule has 0 saturated heterocycles. The third kappa shape index (κ3) is 2.38. The van der Waals surface area contributed by atoms with Crippen LogP contribution in [-0.4, -0.2) is 28.1 Å². The van der Waals surface area contributed by atoms with Crippen LogP contribution < -0.4 is 11.1 Å². The molecule has 1 aromatic heterocycles. The first-order valence-electron chi connectivity index (χ1n) is 5.31. The van der Waals surface area contributed by atoms with Crippen molar-refractivity contribution in [1.82, 2.24) is 15.0 Å². The van der Waals surface area contributed by atoms with Gasteiger partial charge in [0.1, 0.15) is 0 Å². The zero-order valence-corrected chi connectivity index (χ0v) is 9.00. The maximum Gasteiger partial charge on any atom is 0.0894 e. The molecule has 0 atom stereocenters. The molecule has 0 radical (unpaired) electrons. The van der Waals surface area contributed by atoms with Crippen LogP contribution >= 0.6 is 0 Å². The van der Waals surface area contributed by atoms with Crippen molar-refractivity contribution >= 4 is 5.69 Å². The van der Waals surface area contributed by atoms with Crippen LogP contribution in [0, 0.1) is 0 Å². The Morgan fingerprint density at radius 2 is 2.19 bits per heavy atom. The van der Waals surface area contributed by atoms with Gasteiger partial charge in [0.15, 0.2) is 0 Å². The fourth-order valence-electron chi connectivity index (χ4n) is 1.48. The molecule has 2 rings (SSSR count). The highest BCUT2D eigenvalue weighted by Crippen LogP contribution is 2.18. The van der Waals surface area contributed by atoms with E-state index < -0.39 is 0 Å². The molecule has 0 aliphatic carbocycles. The number of anilines is 1. The molecule has 2 aromatic rings. The zero-order chi connectivity index (χ0) is 11.2. The quantitative estimate of drug-likeness (QED) is 0.734. The molecule has 1 heterocycles. The van der Waals surface area contributed by atoms with Crippen molar-refractivity contribution in [3.8, 4) is 5.69 Å². The molecule has 5 heteroatoms. The van der Waals surface area contributed by atoms with Crippen LogP contribution in [0.1, 0.15) is 6.42 Å². The van der Waals surface area contributed by atoms with Gasteiger partial charge in [0, 0.05) is 6.54 Å². The van der Waals surface area contributed by atoms with Crippen LogP contribution in [0.5, 0.6) is 0 Å². The first-order valence-corrected chi connectivity index (χ1v) is 5.31. The van der Waals surface area contributed by atoms with E-state index in [9.17, 15) is 0 Å². The summed E-state index contributed by atoms with van der Waals surface area (Å²) in [4.78, 5) is 0. The third-order valence-corrected chi connectivity index (χ3v) is 2.27. The molecule has 84 valence electrons. The number of nitrogens with two attached hydrogens (primary N) is 1. The summed E-state index contributed by atoms with van der Waals surface area (Å²) >= 11 is 0. The second-order valence-corrected chi connectivity index (χ2v) is 3.43. The first-order chi connectivity index (χ1) is 7.92. The molecular weight excluding hydrogens is 202 g/mol. The number of para-hydroxylation sites is 2. The fourth-order valence-corrected chi connectivity index (χ4v) is 1.48. The second-order valence-electron chi connectivity index (χ2n) is 3.43. The van der Waals surface area contributed by atoms with Crippen LogP contribution in [0.4, 0.5) is 5.69 Å². The number of benzene rings is 1. The lowest BCUT2D eigenvalue weighted by molar-refractivity contribution is 0.801. The van der Waals surface area contributed by atoms with Crippen LogP contribution in [0.25, 0.3) is 5.69 Å². The predicted octanol–water partition coefficient (Wildman–Crippen LogP) is 1.03. The molecule has 1 aromatic carbocycles. The molecule has 0 amide bonds. The van der Waals surface area contributed by atoms with Crippen molar-refractivity contribution in [3.05, 3.63) is 36.7 Å². The number of hydrogen-bond acceptors (Lipinski definition) is 4. The van der Waals surface area contributed by atoms with E-state index >= 15 is 0 Å². The monoisotopic (exact) mass is 217 g/mol. The number of nitrogens with zero attached hydrogens (tertiary/aromatic N) is 3. The summed E-state index contributed by atoms with van der Waals surface area (Å²) in [5.74, 6) is 0. The van der Waals surface area contributed by atoms with Crippen LogP contribution in [-0.2, 0) is 0 Å². The molecule has 0 bridgehead atoms. The number of aromatic nitrogens is 3. The minimum atomic E-state index is 0.693. The molecule has 3 N–H and O–H groups in total. The Bertz CT molecular complexity index is 424. The van der Waals surface area contributed by atoms with Crippen LogP contribution in [0.2, 0.25) is 0 Å². The van der Waals surface area contributed by atoms with E-state index in [2.05, 4.69) is 15.6 Å². The van der Waals surface area contributed by atoms with Gasteiger partial charge in [0.2, 0.25) is 0 Å². The molecule has 0 fully saturated rings. The Labute approximate surface area is 94.3 Å². The van der Waals surface area contributed by atoms with Crippen LogP contribution in [0.15, 0.2) is 36.7 Å². The average molecular weight is 217 g/mol. The molecule has 0 aliphatic rings. The summed E-state index contributed by atoms with van der Waals surface area (Å²) < 4.78 is 1.74. The third-order valence-electron chi connectivity index (χ3n) is 2.27. The summed E-state index contributed by atoms with van der Waals surface area (Å²) in [6.45, 7) is 1.56. The maximum absolute atomic E-state index is 5.46. The maximum atomic E-state index is 5.46. The first kappa shape index (κ1) is 10.6. The number of hydrogen-bond donors (Lipinski definition) is 2. The van der Waals surface area contributed by atoms with Crippen molar-refractivity contribution in [2.24, 2.45) is 5.73 Å². The predicted molar refractivity (Wildman–Crippen MR) is 63.5 cm³/mol. The lowest BCUT2D eigenvalue weighted by atomic mass is 10.2. The number of nitrogens with one attached hydrogen (secondary N) is 1. The SMILES string of the molecule is NCCCNc1ccccc1-n1ccnn1. The summed E-state index contributed by atoms with van der Waals surface area (Å²) in [6, 6.07) is 7.99. The summed E-state index contributed by atoms with van der Waals surface area (Å²) in [5.41, 5.74) is 7.50. The van der Waals surface area contributed by atoms with Gasteiger partial charge >= 0.3 is 0 Å². The lowest BCUT2D eigenvalue weighted by Gasteiger charge is -2.10. The normalized spacial score (nSPS) is 10.3. The number of rotatable bonds is 5. The molecule has 0 spiro atoms. The molecule has 5 nitrogen and oxygen atoms in total. The summed E-state index contributed by atoms with van der Waals surface area (Å²) in [6.07, 6.45) is 4.44. The van der Waals surface area contributed by atoms with Crippen molar-refractivity contribution < 1.29 is 0 Å². The average Bonchev–Trinajstić information content (AvgIpc) is 2.83. The molecule has 16 heavy (non-hydrogen) atoms. The summed E-state index contributed by atoms with van der Waals surface area (Å²) in [7, 11) is 0. The van der Waals surface area contributed by atoms with Gasteiger partial charge in [-0.15, -0.1) is 5.10 Å². The van der Waals surface area contributed by atoms with E-state index in [0.29, 0.717) is 6.54 Å². The highest BCUT2D eigenvalue weighted by Gasteiger charge is 2.03. The van der Waals surface area contributed by atoms with Gasteiger partial charge in [-0.3, -0.25) is 0 Å². The van der Waals surface area contributed by atoms with Gasteiger partial charge in [-0.1, -0.05) is 17.3 Å². The Hall–Kier alpha value is -1.88. The van der Waals surface area contributed by atoms with Crippen molar-refractivity contribution in [3.63, 3.8) is 0 Å². The Kier molecular flexibility index (Phi) is 3.50. The van der Waals surface area contributed by atoms with E-state index in [1.165, 1.54) is 0 Å². The molecular formula is C11H15N5. The van der Waals surface area contributed by atoms with Gasteiger partial charge in [-0.25, -0.2) is 4.68 Å². The van der Waals surface area contributed by atoms with Gasteiger partial charge in [0.25, 0.3) is 0 Å². The zero-order valence-electron chi connectivity index (χ0n) is 9.00. The Morgan fingerprint density at radius 1 is 1.31 bits per heavy atom. The van der Waals surface area contributed by atoms with Gasteiger partial charge in [-0.05, 0) is 25.1 Å². The van der Waals surface area contributed by atoms with E-state index in [4.69, 9.17) is 5.73 Å². The fraction of sp³-hybridized carbons (Fsp3) is 0.273. The standard InChI is InChI=1S/C11H15N5/c12-6-3-7-13-10-4-1-2-5-11(10)16-9-8-14-15-16/h1-2,4-5,8-9,13H,3,6-7,12H2. The van der Waals surface area contributed by atoms with Gasteiger partial charge in [0.05, 0.1) is 23.8 Å². The molecule has 0 saturated carbocycles. The summed E-state index contributed by atoms with van der Waals surface area (Å²) in [5, 5.41) is 11.1. The van der Waals surface area contributed by atoms with E-state index in [1.807, 2.05) is 30.5 Å². The molecule has 0 aliphatic heterocycles. The largest absolute Gasteiger partial charge is 0.383 e. The highest BCUT2D eigenvalue weighted by atomic mass is 15.4. The van der Waals surface area contributed by atoms with E-state index in [0.717, 1.165) is 24.3 Å². The van der Waals surface area contributed by atoms with E-state index in [-0.39, 0.29) is 0 Å².